The Hall–Kier alpha value is -2.07. The van der Waals surface area contributed by atoms with Gasteiger partial charge in [-0.25, -0.2) is 4.79 Å². The Kier molecular flexibility index (Phi) is 6.05. The van der Waals surface area contributed by atoms with E-state index >= 15 is 0 Å². The van der Waals surface area contributed by atoms with E-state index in [0.717, 1.165) is 12.0 Å². The fourth-order valence-corrected chi connectivity index (χ4v) is 4.71. The number of nitrogens with two attached hydrogens (primary N) is 1. The minimum absolute atomic E-state index is 0.0160. The fourth-order valence-electron chi connectivity index (χ4n) is 3.19. The highest BCUT2D eigenvalue weighted by Gasteiger charge is 2.32. The lowest BCUT2D eigenvalue weighted by Crippen LogP contribution is -2.32. The first-order valence-corrected chi connectivity index (χ1v) is 9.87. The number of fused-ring (bicyclic) bond motifs is 1. The van der Waals surface area contributed by atoms with Crippen molar-refractivity contribution >= 4 is 28.3 Å². The predicted octanol–water partition coefficient (Wildman–Crippen LogP) is 1.50. The molecule has 2 aromatic rings. The van der Waals surface area contributed by atoms with Gasteiger partial charge < -0.3 is 19.8 Å². The summed E-state index contributed by atoms with van der Waals surface area (Å²) >= 11 is -1.39. The lowest BCUT2D eigenvalue weighted by Gasteiger charge is -2.21. The second kappa shape index (κ2) is 8.30. The SMILES string of the molecule is CCOC(=O)OCn1cc(C)c2c([S+]([O-])N3CCC(N)C3)cccc2c1=O. The van der Waals surface area contributed by atoms with Crippen molar-refractivity contribution in [2.45, 2.75) is 37.9 Å². The highest BCUT2D eigenvalue weighted by molar-refractivity contribution is 7.89. The third-order valence-electron chi connectivity index (χ3n) is 4.46. The van der Waals surface area contributed by atoms with E-state index in [1.54, 1.807) is 31.3 Å². The molecule has 27 heavy (non-hydrogen) atoms. The van der Waals surface area contributed by atoms with Crippen molar-refractivity contribution in [1.29, 1.82) is 0 Å². The van der Waals surface area contributed by atoms with Crippen LogP contribution in [0.4, 0.5) is 4.79 Å². The normalized spacial score (nSPS) is 18.6. The zero-order valence-electron chi connectivity index (χ0n) is 15.3. The van der Waals surface area contributed by atoms with Gasteiger partial charge in [-0.1, -0.05) is 6.07 Å². The monoisotopic (exact) mass is 393 g/mol. The van der Waals surface area contributed by atoms with Gasteiger partial charge in [0.25, 0.3) is 5.56 Å². The molecule has 8 nitrogen and oxygen atoms in total. The molecule has 0 radical (unpaired) electrons. The molecule has 1 aromatic carbocycles. The van der Waals surface area contributed by atoms with E-state index in [2.05, 4.69) is 0 Å². The van der Waals surface area contributed by atoms with Crippen LogP contribution in [0.5, 0.6) is 0 Å². The maximum Gasteiger partial charge on any atom is 0.510 e. The lowest BCUT2D eigenvalue weighted by molar-refractivity contribution is 0.0361. The molecule has 3 rings (SSSR count). The van der Waals surface area contributed by atoms with Crippen molar-refractivity contribution in [3.8, 4) is 0 Å². The zero-order valence-corrected chi connectivity index (χ0v) is 16.2. The molecule has 1 saturated heterocycles. The topological polar surface area (TPSA) is 110 Å². The molecule has 1 aliphatic rings. The van der Waals surface area contributed by atoms with Crippen LogP contribution in [-0.4, -0.2) is 45.3 Å². The number of hydrogen-bond donors (Lipinski definition) is 1. The average Bonchev–Trinajstić information content (AvgIpc) is 3.09. The van der Waals surface area contributed by atoms with E-state index in [1.807, 2.05) is 11.2 Å². The minimum Gasteiger partial charge on any atom is -0.593 e. The number of pyridine rings is 1. The number of rotatable bonds is 5. The summed E-state index contributed by atoms with van der Waals surface area (Å²) in [5, 5.41) is 1.09. The van der Waals surface area contributed by atoms with E-state index < -0.39 is 17.5 Å². The van der Waals surface area contributed by atoms with E-state index in [-0.39, 0.29) is 24.9 Å². The highest BCUT2D eigenvalue weighted by Crippen LogP contribution is 2.28. The van der Waals surface area contributed by atoms with Crippen molar-refractivity contribution in [1.82, 2.24) is 8.87 Å². The summed E-state index contributed by atoms with van der Waals surface area (Å²) in [6, 6.07) is 5.18. The molecule has 2 atom stereocenters. The van der Waals surface area contributed by atoms with Gasteiger partial charge in [0.2, 0.25) is 0 Å². The van der Waals surface area contributed by atoms with Crippen LogP contribution < -0.4 is 11.3 Å². The quantitative estimate of drug-likeness (QED) is 0.605. The summed E-state index contributed by atoms with van der Waals surface area (Å²) in [4.78, 5) is 24.8. The Labute approximate surface area is 160 Å². The van der Waals surface area contributed by atoms with Crippen LogP contribution in [0.25, 0.3) is 10.8 Å². The molecule has 146 valence electrons. The molecule has 9 heteroatoms. The Balaban J connectivity index is 1.96. The predicted molar refractivity (Wildman–Crippen MR) is 102 cm³/mol. The van der Waals surface area contributed by atoms with Gasteiger partial charge in [-0.05, 0) is 38.0 Å². The van der Waals surface area contributed by atoms with E-state index in [0.29, 0.717) is 28.8 Å². The minimum atomic E-state index is -1.39. The largest absolute Gasteiger partial charge is 0.593 e. The van der Waals surface area contributed by atoms with Gasteiger partial charge in [0.05, 0.1) is 29.9 Å². The Bertz CT molecular complexity index is 900. The number of nitrogens with zero attached hydrogens (tertiary/aromatic N) is 2. The number of aromatic nitrogens is 1. The number of aryl methyl sites for hydroxylation is 1. The van der Waals surface area contributed by atoms with Gasteiger partial charge in [0.15, 0.2) is 11.6 Å². The first-order chi connectivity index (χ1) is 12.9. The third kappa shape index (κ3) is 4.11. The molecule has 0 saturated carbocycles. The second-order valence-corrected chi connectivity index (χ2v) is 7.86. The average molecular weight is 393 g/mol. The molecule has 2 heterocycles. The first-order valence-electron chi connectivity index (χ1n) is 8.77. The van der Waals surface area contributed by atoms with Gasteiger partial charge >= 0.3 is 6.16 Å². The van der Waals surface area contributed by atoms with Crippen LogP contribution in [0, 0.1) is 6.92 Å². The number of ether oxygens (including phenoxy) is 2. The van der Waals surface area contributed by atoms with Crippen molar-refractivity contribution in [3.63, 3.8) is 0 Å². The molecule has 1 aliphatic heterocycles. The van der Waals surface area contributed by atoms with Gasteiger partial charge in [-0.15, -0.1) is 4.31 Å². The molecule has 2 unspecified atom stereocenters. The Morgan fingerprint density at radius 1 is 1.41 bits per heavy atom. The molecule has 1 aromatic heterocycles. The molecule has 1 fully saturated rings. The molecular formula is C18H23N3O5S. The summed E-state index contributed by atoms with van der Waals surface area (Å²) in [6.07, 6.45) is 1.57. The number of carbonyl (C=O) groups is 1. The maximum absolute atomic E-state index is 13.0. The van der Waals surface area contributed by atoms with Crippen LogP contribution in [0.15, 0.2) is 34.1 Å². The van der Waals surface area contributed by atoms with Gasteiger partial charge in [-0.3, -0.25) is 9.36 Å². The van der Waals surface area contributed by atoms with Crippen LogP contribution in [0.1, 0.15) is 18.9 Å². The van der Waals surface area contributed by atoms with Crippen LogP contribution >= 0.6 is 0 Å². The summed E-state index contributed by atoms with van der Waals surface area (Å²) in [6.45, 7) is 4.67. The molecule has 2 N–H and O–H groups in total. The number of carbonyl (C=O) groups excluding carboxylic acids is 1. The number of hydrogen-bond acceptors (Lipinski definition) is 7. The summed E-state index contributed by atoms with van der Waals surface area (Å²) in [5.41, 5.74) is 6.37. The summed E-state index contributed by atoms with van der Waals surface area (Å²) in [5.74, 6) is 0. The van der Waals surface area contributed by atoms with Gasteiger partial charge in [0, 0.05) is 24.2 Å². The van der Waals surface area contributed by atoms with Gasteiger partial charge in [-0.2, -0.15) is 0 Å². The molecule has 0 bridgehead atoms. The molecule has 0 spiro atoms. The van der Waals surface area contributed by atoms with Gasteiger partial charge in [0.1, 0.15) is 0 Å². The maximum atomic E-state index is 13.0. The fraction of sp³-hybridized carbons (Fsp3) is 0.444. The third-order valence-corrected chi connectivity index (χ3v) is 5.97. The molecule has 0 amide bonds. The van der Waals surface area contributed by atoms with E-state index in [4.69, 9.17) is 15.2 Å². The molecular weight excluding hydrogens is 370 g/mol. The van der Waals surface area contributed by atoms with Crippen molar-refractivity contribution in [2.24, 2.45) is 5.73 Å². The zero-order chi connectivity index (χ0) is 19.6. The van der Waals surface area contributed by atoms with Crippen LogP contribution in [0.2, 0.25) is 0 Å². The van der Waals surface area contributed by atoms with Crippen molar-refractivity contribution < 1.29 is 18.8 Å². The van der Waals surface area contributed by atoms with E-state index in [1.165, 1.54) is 4.57 Å². The number of benzene rings is 1. The molecule has 0 aliphatic carbocycles. The smallest absolute Gasteiger partial charge is 0.510 e. The van der Waals surface area contributed by atoms with Crippen LogP contribution in [-0.2, 0) is 27.6 Å². The van der Waals surface area contributed by atoms with Crippen molar-refractivity contribution in [3.05, 3.63) is 40.3 Å². The first kappa shape index (κ1) is 19.7. The second-order valence-electron chi connectivity index (χ2n) is 6.41. The summed E-state index contributed by atoms with van der Waals surface area (Å²) < 4.78 is 25.8. The van der Waals surface area contributed by atoms with Crippen LogP contribution in [0.3, 0.4) is 0 Å². The highest BCUT2D eigenvalue weighted by atomic mass is 32.2. The van der Waals surface area contributed by atoms with E-state index in [9.17, 15) is 14.1 Å². The Morgan fingerprint density at radius 2 is 2.19 bits per heavy atom. The standard InChI is InChI=1S/C18H23N3O5S/c1-3-25-18(23)26-11-20-9-12(2)16-14(17(20)22)5-4-6-15(16)27(24)21-8-7-13(19)10-21/h4-6,9,13H,3,7-8,10-11,19H2,1-2H3. The lowest BCUT2D eigenvalue weighted by atomic mass is 10.1. The summed E-state index contributed by atoms with van der Waals surface area (Å²) in [7, 11) is 0. The van der Waals surface area contributed by atoms with Crippen molar-refractivity contribution in [2.75, 3.05) is 19.7 Å². The Morgan fingerprint density at radius 3 is 2.85 bits per heavy atom.